The summed E-state index contributed by atoms with van der Waals surface area (Å²) in [5.74, 6) is 0. The lowest BCUT2D eigenvalue weighted by Gasteiger charge is -2.22. The third-order valence-electron chi connectivity index (χ3n) is 2.46. The van der Waals surface area contributed by atoms with Crippen LogP contribution in [0.1, 0.15) is 11.1 Å². The van der Waals surface area contributed by atoms with E-state index in [1.54, 1.807) is 0 Å². The van der Waals surface area contributed by atoms with Crippen molar-refractivity contribution >= 4 is 11.6 Å². The highest BCUT2D eigenvalue weighted by Crippen LogP contribution is 2.35. The maximum absolute atomic E-state index is 6.48. The van der Waals surface area contributed by atoms with Gasteiger partial charge in [0, 0.05) is 0 Å². The molecule has 0 saturated carbocycles. The van der Waals surface area contributed by atoms with Crippen molar-refractivity contribution in [3.05, 3.63) is 78.7 Å². The fourth-order valence-electron chi connectivity index (χ4n) is 1.57. The predicted molar refractivity (Wildman–Crippen MR) is 64.9 cm³/mol. The number of hydrogen-bond acceptors (Lipinski definition) is 0. The molecule has 1 heteroatoms. The van der Waals surface area contributed by atoms with Gasteiger partial charge in [0.05, 0.1) is 4.87 Å². The third-order valence-corrected chi connectivity index (χ3v) is 2.90. The highest BCUT2D eigenvalue weighted by Gasteiger charge is 2.25. The molecule has 0 aliphatic rings. The van der Waals surface area contributed by atoms with E-state index in [1.807, 2.05) is 60.7 Å². The number of halogens is 1. The van der Waals surface area contributed by atoms with Crippen molar-refractivity contribution in [2.45, 2.75) is 4.87 Å². The molecule has 0 aliphatic heterocycles. The maximum atomic E-state index is 6.48. The second-order valence-electron chi connectivity index (χ2n) is 3.53. The van der Waals surface area contributed by atoms with Crippen molar-refractivity contribution in [1.82, 2.24) is 0 Å². The van der Waals surface area contributed by atoms with Gasteiger partial charge in [-0.25, -0.2) is 0 Å². The molecule has 0 nitrogen and oxygen atoms in total. The van der Waals surface area contributed by atoms with E-state index in [0.29, 0.717) is 0 Å². The molecule has 0 unspecified atom stereocenters. The van der Waals surface area contributed by atoms with Crippen molar-refractivity contribution in [3.63, 3.8) is 0 Å². The van der Waals surface area contributed by atoms with Gasteiger partial charge < -0.3 is 0 Å². The van der Waals surface area contributed by atoms with Crippen LogP contribution >= 0.6 is 11.6 Å². The van der Waals surface area contributed by atoms with Gasteiger partial charge in [-0.15, -0.1) is 11.6 Å². The van der Waals surface area contributed by atoms with Crippen LogP contribution < -0.4 is 0 Å². The maximum Gasteiger partial charge on any atom is 0.0944 e. The highest BCUT2D eigenvalue weighted by atomic mass is 35.5. The van der Waals surface area contributed by atoms with E-state index >= 15 is 0 Å². The number of rotatable bonds is 2. The van der Waals surface area contributed by atoms with Gasteiger partial charge in [0.1, 0.15) is 0 Å². The van der Waals surface area contributed by atoms with E-state index in [-0.39, 0.29) is 0 Å². The summed E-state index contributed by atoms with van der Waals surface area (Å²) in [6, 6.07) is 19.8. The molecule has 0 fully saturated rings. The minimum absolute atomic E-state index is 0.692. The Labute approximate surface area is 95.5 Å². The Bertz CT molecular complexity index is 376. The summed E-state index contributed by atoms with van der Waals surface area (Å²) in [5.41, 5.74) is 2.02. The Morgan fingerprint density at radius 1 is 0.733 bits per heavy atom. The first-order valence-electron chi connectivity index (χ1n) is 4.86. The molecule has 0 saturated heterocycles. The topological polar surface area (TPSA) is 0 Å². The summed E-state index contributed by atoms with van der Waals surface area (Å²) >= 11 is 6.48. The summed E-state index contributed by atoms with van der Waals surface area (Å²) in [4.78, 5) is -0.692. The zero-order valence-electron chi connectivity index (χ0n) is 8.36. The standard InChI is InChI=1S/C14H12Cl/c1-14(15,12-8-4-2-5-9-12)13-10-6-3-7-11-13/h2-11H,1H2. The lowest BCUT2D eigenvalue weighted by molar-refractivity contribution is 0.919. The van der Waals surface area contributed by atoms with Crippen molar-refractivity contribution in [2.75, 3.05) is 0 Å². The van der Waals surface area contributed by atoms with Crippen LogP contribution in [0.5, 0.6) is 0 Å². The van der Waals surface area contributed by atoms with Gasteiger partial charge in [-0.05, 0) is 18.1 Å². The normalized spacial score (nSPS) is 11.3. The summed E-state index contributed by atoms with van der Waals surface area (Å²) < 4.78 is 0. The SMILES string of the molecule is [CH2]C(Cl)(c1ccccc1)c1ccccc1. The quantitative estimate of drug-likeness (QED) is 0.665. The lowest BCUT2D eigenvalue weighted by Crippen LogP contribution is -2.15. The molecular weight excluding hydrogens is 204 g/mol. The van der Waals surface area contributed by atoms with Crippen molar-refractivity contribution in [1.29, 1.82) is 0 Å². The molecular formula is C14H12Cl. The highest BCUT2D eigenvalue weighted by molar-refractivity contribution is 6.26. The van der Waals surface area contributed by atoms with Gasteiger partial charge in [0.2, 0.25) is 0 Å². The minimum atomic E-state index is -0.692. The van der Waals surface area contributed by atoms with Gasteiger partial charge in [0.15, 0.2) is 0 Å². The van der Waals surface area contributed by atoms with E-state index in [0.717, 1.165) is 11.1 Å². The first-order valence-corrected chi connectivity index (χ1v) is 5.24. The van der Waals surface area contributed by atoms with Crippen LogP contribution in [0.25, 0.3) is 0 Å². The van der Waals surface area contributed by atoms with Crippen LogP contribution in [0.3, 0.4) is 0 Å². The van der Waals surface area contributed by atoms with Gasteiger partial charge in [0.25, 0.3) is 0 Å². The van der Waals surface area contributed by atoms with E-state index in [2.05, 4.69) is 6.92 Å². The number of benzene rings is 2. The zero-order valence-corrected chi connectivity index (χ0v) is 9.11. The molecule has 15 heavy (non-hydrogen) atoms. The monoisotopic (exact) mass is 215 g/mol. The van der Waals surface area contributed by atoms with Crippen LogP contribution in [-0.4, -0.2) is 0 Å². The lowest BCUT2D eigenvalue weighted by atomic mass is 9.92. The predicted octanol–water partition coefficient (Wildman–Crippen LogP) is 4.00. The molecule has 0 spiro atoms. The summed E-state index contributed by atoms with van der Waals surface area (Å²) in [6.45, 7) is 4.08. The smallest absolute Gasteiger partial charge is 0.0944 e. The summed E-state index contributed by atoms with van der Waals surface area (Å²) in [6.07, 6.45) is 0. The van der Waals surface area contributed by atoms with Gasteiger partial charge >= 0.3 is 0 Å². The van der Waals surface area contributed by atoms with Crippen LogP contribution in [0.4, 0.5) is 0 Å². The Kier molecular flexibility index (Phi) is 2.79. The van der Waals surface area contributed by atoms with Gasteiger partial charge in [-0.1, -0.05) is 60.7 Å². The molecule has 2 aromatic rings. The van der Waals surface area contributed by atoms with Crippen LogP contribution in [-0.2, 0) is 4.87 Å². The Balaban J connectivity index is 2.44. The summed E-state index contributed by atoms with van der Waals surface area (Å²) in [7, 11) is 0. The summed E-state index contributed by atoms with van der Waals surface area (Å²) in [5, 5.41) is 0. The zero-order chi connectivity index (χ0) is 10.7. The van der Waals surface area contributed by atoms with E-state index in [1.165, 1.54) is 0 Å². The second kappa shape index (κ2) is 4.08. The molecule has 0 atom stereocenters. The first kappa shape index (κ1) is 10.3. The molecule has 0 bridgehead atoms. The molecule has 0 amide bonds. The molecule has 2 rings (SSSR count). The third kappa shape index (κ3) is 2.05. The van der Waals surface area contributed by atoms with E-state index in [9.17, 15) is 0 Å². The number of hydrogen-bond donors (Lipinski definition) is 0. The minimum Gasteiger partial charge on any atom is -0.109 e. The van der Waals surface area contributed by atoms with Crippen LogP contribution in [0.15, 0.2) is 60.7 Å². The largest absolute Gasteiger partial charge is 0.109 e. The fourth-order valence-corrected chi connectivity index (χ4v) is 1.82. The van der Waals surface area contributed by atoms with Gasteiger partial charge in [-0.2, -0.15) is 0 Å². The molecule has 75 valence electrons. The van der Waals surface area contributed by atoms with Crippen LogP contribution in [0.2, 0.25) is 0 Å². The molecule has 0 aliphatic carbocycles. The average Bonchev–Trinajstić information content (AvgIpc) is 2.31. The molecule has 0 aromatic heterocycles. The Morgan fingerprint density at radius 3 is 1.40 bits per heavy atom. The molecule has 1 radical (unpaired) electrons. The van der Waals surface area contributed by atoms with Crippen molar-refractivity contribution in [2.24, 2.45) is 0 Å². The average molecular weight is 216 g/mol. The Hall–Kier alpha value is -1.27. The number of alkyl halides is 1. The first-order chi connectivity index (χ1) is 7.21. The molecule has 0 heterocycles. The van der Waals surface area contributed by atoms with Crippen molar-refractivity contribution < 1.29 is 0 Å². The van der Waals surface area contributed by atoms with E-state index in [4.69, 9.17) is 11.6 Å². The molecule has 2 aromatic carbocycles. The van der Waals surface area contributed by atoms with Gasteiger partial charge in [-0.3, -0.25) is 0 Å². The van der Waals surface area contributed by atoms with E-state index < -0.39 is 4.87 Å². The second-order valence-corrected chi connectivity index (χ2v) is 4.18. The van der Waals surface area contributed by atoms with Crippen LogP contribution in [0, 0.1) is 6.92 Å². The fraction of sp³-hybridized carbons (Fsp3) is 0.0714. The molecule has 0 N–H and O–H groups in total. The van der Waals surface area contributed by atoms with Crippen molar-refractivity contribution in [3.8, 4) is 0 Å². The Morgan fingerprint density at radius 2 is 1.07 bits per heavy atom.